The van der Waals surface area contributed by atoms with Crippen molar-refractivity contribution in [3.63, 3.8) is 0 Å². The van der Waals surface area contributed by atoms with E-state index < -0.39 is 0 Å². The average Bonchev–Trinajstić information content (AvgIpc) is 2.44. The summed E-state index contributed by atoms with van der Waals surface area (Å²) in [7, 11) is 0. The van der Waals surface area contributed by atoms with E-state index in [0.29, 0.717) is 11.2 Å². The maximum atomic E-state index is 6.06. The summed E-state index contributed by atoms with van der Waals surface area (Å²) >= 11 is 0. The van der Waals surface area contributed by atoms with Crippen molar-refractivity contribution in [2.24, 2.45) is 5.41 Å². The summed E-state index contributed by atoms with van der Waals surface area (Å²) in [6.07, 6.45) is 5.67. The second-order valence-electron chi connectivity index (χ2n) is 6.37. The summed E-state index contributed by atoms with van der Waals surface area (Å²) in [6, 6.07) is 0. The van der Waals surface area contributed by atoms with Crippen LogP contribution in [-0.4, -0.2) is 23.1 Å². The van der Waals surface area contributed by atoms with Gasteiger partial charge < -0.3 is 10.6 Å². The molecular weight excluding hydrogens is 248 g/mol. The first-order valence-electron chi connectivity index (χ1n) is 7.87. The van der Waals surface area contributed by atoms with Crippen LogP contribution < -0.4 is 10.6 Å². The van der Waals surface area contributed by atoms with E-state index in [1.165, 1.54) is 19.3 Å². The first-order chi connectivity index (χ1) is 9.49. The molecule has 1 saturated heterocycles. The molecule has 20 heavy (non-hydrogen) atoms. The lowest BCUT2D eigenvalue weighted by atomic mass is 9.78. The van der Waals surface area contributed by atoms with Crippen LogP contribution in [0.5, 0.6) is 0 Å². The molecule has 0 atom stereocenters. The predicted octanol–water partition coefficient (Wildman–Crippen LogP) is 3.34. The smallest absolute Gasteiger partial charge is 0.137 e. The van der Waals surface area contributed by atoms with Crippen molar-refractivity contribution in [2.75, 3.05) is 23.7 Å². The number of anilines is 2. The maximum absolute atomic E-state index is 6.06. The molecule has 4 heteroatoms. The number of nitrogens with zero attached hydrogens (tertiary/aromatic N) is 3. The summed E-state index contributed by atoms with van der Waals surface area (Å²) in [5.74, 6) is 2.58. The molecular formula is C16H28N4. The lowest BCUT2D eigenvalue weighted by Crippen LogP contribution is -2.39. The molecule has 4 nitrogen and oxygen atoms in total. The predicted molar refractivity (Wildman–Crippen MR) is 85.0 cm³/mol. The van der Waals surface area contributed by atoms with Crippen molar-refractivity contribution in [1.29, 1.82) is 0 Å². The minimum absolute atomic E-state index is 0.495. The highest BCUT2D eigenvalue weighted by Gasteiger charge is 2.29. The molecule has 0 saturated carbocycles. The minimum atomic E-state index is 0.495. The Kier molecular flexibility index (Phi) is 4.51. The summed E-state index contributed by atoms with van der Waals surface area (Å²) in [4.78, 5) is 11.6. The molecule has 112 valence electrons. The van der Waals surface area contributed by atoms with Crippen molar-refractivity contribution in [2.45, 2.75) is 59.8 Å². The van der Waals surface area contributed by atoms with Crippen LogP contribution in [0.4, 0.5) is 11.6 Å². The molecule has 1 aliphatic heterocycles. The number of aryl methyl sites for hydroxylation is 1. The van der Waals surface area contributed by atoms with Crippen molar-refractivity contribution in [3.8, 4) is 0 Å². The molecule has 1 fully saturated rings. The van der Waals surface area contributed by atoms with E-state index >= 15 is 0 Å². The Hall–Kier alpha value is -1.32. The maximum Gasteiger partial charge on any atom is 0.137 e. The van der Waals surface area contributed by atoms with E-state index in [2.05, 4.69) is 30.7 Å². The number of rotatable bonds is 4. The lowest BCUT2D eigenvalue weighted by Gasteiger charge is -2.40. The van der Waals surface area contributed by atoms with Crippen LogP contribution in [0, 0.1) is 12.3 Å². The fraction of sp³-hybridized carbons (Fsp3) is 0.750. The van der Waals surface area contributed by atoms with Gasteiger partial charge in [0.25, 0.3) is 0 Å². The normalized spacial score (nSPS) is 18.3. The first-order valence-corrected chi connectivity index (χ1v) is 7.87. The molecule has 0 amide bonds. The van der Waals surface area contributed by atoms with Gasteiger partial charge in [0, 0.05) is 25.1 Å². The summed E-state index contributed by atoms with van der Waals surface area (Å²) in [5.41, 5.74) is 7.59. The molecule has 0 bridgehead atoms. The van der Waals surface area contributed by atoms with Crippen LogP contribution in [-0.2, 0) is 6.42 Å². The average molecular weight is 276 g/mol. The van der Waals surface area contributed by atoms with E-state index in [1.54, 1.807) is 0 Å². The zero-order valence-electron chi connectivity index (χ0n) is 13.4. The zero-order chi connectivity index (χ0) is 14.8. The van der Waals surface area contributed by atoms with Gasteiger partial charge in [0.1, 0.15) is 17.5 Å². The van der Waals surface area contributed by atoms with E-state index in [-0.39, 0.29) is 0 Å². The third kappa shape index (κ3) is 3.05. The Morgan fingerprint density at radius 1 is 1.20 bits per heavy atom. The standard InChI is InChI=1S/C16H28N4/c1-5-7-13-18-14(17)12(3)15(19-13)20-10-8-16(4,6-2)9-11-20/h5-11H2,1-4H3,(H2,17,18,19). The fourth-order valence-corrected chi connectivity index (χ4v) is 2.82. The van der Waals surface area contributed by atoms with Crippen LogP contribution in [0.2, 0.25) is 0 Å². The Labute approximate surface area is 122 Å². The van der Waals surface area contributed by atoms with Crippen molar-refractivity contribution >= 4 is 11.6 Å². The quantitative estimate of drug-likeness (QED) is 0.916. The van der Waals surface area contributed by atoms with Crippen LogP contribution in [0.15, 0.2) is 0 Å². The number of hydrogen-bond donors (Lipinski definition) is 1. The van der Waals surface area contributed by atoms with Crippen LogP contribution in [0.3, 0.4) is 0 Å². The van der Waals surface area contributed by atoms with Crippen LogP contribution in [0.25, 0.3) is 0 Å². The SMILES string of the molecule is CCCc1nc(N)c(C)c(N2CCC(C)(CC)CC2)n1. The Balaban J connectivity index is 2.20. The largest absolute Gasteiger partial charge is 0.383 e. The Bertz CT molecular complexity index is 462. The molecule has 2 heterocycles. The molecule has 0 unspecified atom stereocenters. The third-order valence-corrected chi connectivity index (χ3v) is 4.80. The molecule has 2 rings (SSSR count). The van der Waals surface area contributed by atoms with Gasteiger partial charge in [-0.3, -0.25) is 0 Å². The van der Waals surface area contributed by atoms with Crippen molar-refractivity contribution in [3.05, 3.63) is 11.4 Å². The van der Waals surface area contributed by atoms with E-state index in [1.807, 2.05) is 6.92 Å². The fourth-order valence-electron chi connectivity index (χ4n) is 2.82. The highest BCUT2D eigenvalue weighted by Crippen LogP contribution is 2.36. The number of aromatic nitrogens is 2. The van der Waals surface area contributed by atoms with Gasteiger partial charge in [-0.25, -0.2) is 9.97 Å². The van der Waals surface area contributed by atoms with E-state index in [0.717, 1.165) is 43.1 Å². The number of hydrogen-bond acceptors (Lipinski definition) is 4. The van der Waals surface area contributed by atoms with Gasteiger partial charge >= 0.3 is 0 Å². The van der Waals surface area contributed by atoms with Crippen LogP contribution in [0.1, 0.15) is 57.8 Å². The van der Waals surface area contributed by atoms with E-state index in [9.17, 15) is 0 Å². The van der Waals surface area contributed by atoms with Gasteiger partial charge in [-0.2, -0.15) is 0 Å². The van der Waals surface area contributed by atoms with Gasteiger partial charge in [-0.1, -0.05) is 27.2 Å². The molecule has 0 aromatic carbocycles. The van der Waals surface area contributed by atoms with Gasteiger partial charge in [0.15, 0.2) is 0 Å². The molecule has 1 aromatic rings. The van der Waals surface area contributed by atoms with Crippen molar-refractivity contribution in [1.82, 2.24) is 9.97 Å². The molecule has 0 aliphatic carbocycles. The summed E-state index contributed by atoms with van der Waals surface area (Å²) < 4.78 is 0. The Morgan fingerprint density at radius 2 is 1.85 bits per heavy atom. The van der Waals surface area contributed by atoms with Crippen molar-refractivity contribution < 1.29 is 0 Å². The zero-order valence-corrected chi connectivity index (χ0v) is 13.4. The molecule has 0 radical (unpaired) electrons. The first kappa shape index (κ1) is 15.1. The van der Waals surface area contributed by atoms with Gasteiger partial charge in [-0.05, 0) is 31.6 Å². The lowest BCUT2D eigenvalue weighted by molar-refractivity contribution is 0.237. The van der Waals surface area contributed by atoms with Gasteiger partial charge in [0.2, 0.25) is 0 Å². The molecule has 0 spiro atoms. The van der Waals surface area contributed by atoms with Gasteiger partial charge in [0.05, 0.1) is 0 Å². The monoisotopic (exact) mass is 276 g/mol. The summed E-state index contributed by atoms with van der Waals surface area (Å²) in [5, 5.41) is 0. The van der Waals surface area contributed by atoms with E-state index in [4.69, 9.17) is 10.7 Å². The summed E-state index contributed by atoms with van der Waals surface area (Å²) in [6.45, 7) is 11.0. The number of piperidine rings is 1. The van der Waals surface area contributed by atoms with Gasteiger partial charge in [-0.15, -0.1) is 0 Å². The Morgan fingerprint density at radius 3 is 2.40 bits per heavy atom. The molecule has 1 aromatic heterocycles. The number of nitrogens with two attached hydrogens (primary N) is 1. The highest BCUT2D eigenvalue weighted by atomic mass is 15.2. The minimum Gasteiger partial charge on any atom is -0.383 e. The molecule has 1 aliphatic rings. The highest BCUT2D eigenvalue weighted by molar-refractivity contribution is 5.56. The second kappa shape index (κ2) is 5.98. The van der Waals surface area contributed by atoms with Crippen LogP contribution >= 0.6 is 0 Å². The topological polar surface area (TPSA) is 55.0 Å². The molecule has 2 N–H and O–H groups in total. The second-order valence-corrected chi connectivity index (χ2v) is 6.37. The number of nitrogen functional groups attached to an aromatic ring is 1. The third-order valence-electron chi connectivity index (χ3n) is 4.80.